The van der Waals surface area contributed by atoms with Gasteiger partial charge in [0, 0.05) is 5.56 Å². The molecule has 2 aromatic rings. The molecule has 0 spiro atoms. The molecular formula is C20H14F6N2. The van der Waals surface area contributed by atoms with E-state index in [9.17, 15) is 26.3 Å². The first kappa shape index (κ1) is 18.6. The summed E-state index contributed by atoms with van der Waals surface area (Å²) >= 11 is 0. The molecule has 2 heterocycles. The van der Waals surface area contributed by atoms with Gasteiger partial charge in [-0.05, 0) is 18.6 Å². The van der Waals surface area contributed by atoms with Crippen LogP contribution in [0.2, 0.25) is 0 Å². The maximum Gasteiger partial charge on any atom is 0.425 e. The lowest BCUT2D eigenvalue weighted by atomic mass is 9.86. The van der Waals surface area contributed by atoms with Gasteiger partial charge in [0.15, 0.2) is 0 Å². The zero-order chi connectivity index (χ0) is 20.3. The Morgan fingerprint density at radius 3 is 2.11 bits per heavy atom. The highest BCUT2D eigenvalue weighted by Gasteiger charge is 2.78. The highest BCUT2D eigenvalue weighted by Crippen LogP contribution is 2.55. The molecule has 0 saturated heterocycles. The predicted octanol–water partition coefficient (Wildman–Crippen LogP) is 5.52. The number of benzene rings is 2. The van der Waals surface area contributed by atoms with E-state index in [0.29, 0.717) is 5.56 Å². The number of aryl methyl sites for hydroxylation is 1. The van der Waals surface area contributed by atoms with E-state index in [1.807, 2.05) is 0 Å². The Morgan fingerprint density at radius 2 is 1.50 bits per heavy atom. The minimum Gasteiger partial charge on any atom is -0.315 e. The number of hydrogen-bond acceptors (Lipinski definition) is 2. The Kier molecular flexibility index (Phi) is 3.89. The average molecular weight is 396 g/mol. The molecule has 146 valence electrons. The highest BCUT2D eigenvalue weighted by molar-refractivity contribution is 6.14. The zero-order valence-corrected chi connectivity index (χ0v) is 14.5. The highest BCUT2D eigenvalue weighted by atomic mass is 19.4. The van der Waals surface area contributed by atoms with Crippen molar-refractivity contribution in [2.24, 2.45) is 4.99 Å². The van der Waals surface area contributed by atoms with Crippen molar-refractivity contribution >= 4 is 17.6 Å². The number of para-hydroxylation sites is 1. The van der Waals surface area contributed by atoms with Gasteiger partial charge in [0.1, 0.15) is 5.84 Å². The van der Waals surface area contributed by atoms with Crippen LogP contribution >= 0.6 is 0 Å². The van der Waals surface area contributed by atoms with Crippen LogP contribution in [-0.4, -0.2) is 29.8 Å². The van der Waals surface area contributed by atoms with Crippen LogP contribution in [0.15, 0.2) is 59.6 Å². The van der Waals surface area contributed by atoms with Crippen LogP contribution in [0.3, 0.4) is 0 Å². The summed E-state index contributed by atoms with van der Waals surface area (Å²) in [6, 6.07) is 10.5. The number of hydrogen-bond donors (Lipinski definition) is 0. The van der Waals surface area contributed by atoms with Gasteiger partial charge in [0.25, 0.3) is 5.54 Å². The first-order valence-electron chi connectivity index (χ1n) is 8.43. The SMILES string of the molecule is Cc1ccc(C2=NC(C(F)(F)F)(C(F)(F)F)C3C=Cc4ccccc4N23)cc1. The van der Waals surface area contributed by atoms with Crippen molar-refractivity contribution < 1.29 is 26.3 Å². The number of anilines is 1. The van der Waals surface area contributed by atoms with Crippen LogP contribution in [0.5, 0.6) is 0 Å². The first-order chi connectivity index (χ1) is 13.1. The topological polar surface area (TPSA) is 15.6 Å². The smallest absolute Gasteiger partial charge is 0.315 e. The number of halogens is 6. The van der Waals surface area contributed by atoms with E-state index in [0.717, 1.165) is 16.5 Å². The Balaban J connectivity index is 2.02. The number of aliphatic imine (C=N–C) groups is 1. The number of fused-ring (bicyclic) bond motifs is 3. The summed E-state index contributed by atoms with van der Waals surface area (Å²) in [4.78, 5) is 4.39. The van der Waals surface area contributed by atoms with Gasteiger partial charge in [0.05, 0.1) is 11.7 Å². The molecule has 0 saturated carbocycles. The Hall–Kier alpha value is -2.77. The maximum absolute atomic E-state index is 13.9. The summed E-state index contributed by atoms with van der Waals surface area (Å²) in [6.07, 6.45) is -9.03. The van der Waals surface area contributed by atoms with Crippen LogP contribution in [0.1, 0.15) is 16.7 Å². The van der Waals surface area contributed by atoms with E-state index in [4.69, 9.17) is 0 Å². The molecule has 2 aliphatic rings. The van der Waals surface area contributed by atoms with Crippen molar-refractivity contribution in [3.8, 4) is 0 Å². The van der Waals surface area contributed by atoms with Gasteiger partial charge >= 0.3 is 12.4 Å². The summed E-state index contributed by atoms with van der Waals surface area (Å²) in [5, 5.41) is 0. The Morgan fingerprint density at radius 1 is 0.893 bits per heavy atom. The molecule has 28 heavy (non-hydrogen) atoms. The number of alkyl halides is 6. The molecular weight excluding hydrogens is 382 g/mol. The van der Waals surface area contributed by atoms with Gasteiger partial charge in [-0.25, -0.2) is 4.99 Å². The predicted molar refractivity (Wildman–Crippen MR) is 94.3 cm³/mol. The van der Waals surface area contributed by atoms with Crippen molar-refractivity contribution in [2.75, 3.05) is 4.90 Å². The van der Waals surface area contributed by atoms with Gasteiger partial charge in [-0.1, -0.05) is 60.2 Å². The maximum atomic E-state index is 13.9. The molecule has 0 radical (unpaired) electrons. The van der Waals surface area contributed by atoms with E-state index >= 15 is 0 Å². The van der Waals surface area contributed by atoms with E-state index in [1.165, 1.54) is 24.3 Å². The van der Waals surface area contributed by atoms with E-state index < -0.39 is 23.9 Å². The molecule has 2 nitrogen and oxygen atoms in total. The molecule has 1 atom stereocenters. The van der Waals surface area contributed by atoms with E-state index in [-0.39, 0.29) is 17.1 Å². The third-order valence-corrected chi connectivity index (χ3v) is 5.05. The Labute approximate surface area is 156 Å². The van der Waals surface area contributed by atoms with Crippen molar-refractivity contribution in [3.05, 3.63) is 71.3 Å². The second kappa shape index (κ2) is 5.86. The lowest BCUT2D eigenvalue weighted by molar-refractivity contribution is -0.294. The van der Waals surface area contributed by atoms with Crippen LogP contribution in [0.25, 0.3) is 6.08 Å². The molecule has 0 bridgehead atoms. The molecule has 8 heteroatoms. The molecule has 0 aromatic heterocycles. The summed E-state index contributed by atoms with van der Waals surface area (Å²) in [7, 11) is 0. The monoisotopic (exact) mass is 396 g/mol. The first-order valence-corrected chi connectivity index (χ1v) is 8.43. The summed E-state index contributed by atoms with van der Waals surface area (Å²) in [5.41, 5.74) is -2.44. The largest absolute Gasteiger partial charge is 0.425 e. The van der Waals surface area contributed by atoms with Gasteiger partial charge < -0.3 is 4.90 Å². The minimum absolute atomic E-state index is 0.191. The summed E-state index contributed by atoms with van der Waals surface area (Å²) in [6.45, 7) is 1.78. The fourth-order valence-electron chi connectivity index (χ4n) is 3.67. The number of amidine groups is 1. The molecule has 2 aromatic carbocycles. The molecule has 0 N–H and O–H groups in total. The van der Waals surface area contributed by atoms with E-state index in [2.05, 4.69) is 4.99 Å². The lowest BCUT2D eigenvalue weighted by Gasteiger charge is -2.40. The fourth-order valence-corrected chi connectivity index (χ4v) is 3.67. The second-order valence-electron chi connectivity index (χ2n) is 6.80. The van der Waals surface area contributed by atoms with Crippen molar-refractivity contribution in [1.29, 1.82) is 0 Å². The molecule has 1 unspecified atom stereocenters. The summed E-state index contributed by atoms with van der Waals surface area (Å²) < 4.78 is 83.5. The third-order valence-electron chi connectivity index (χ3n) is 5.05. The molecule has 4 rings (SSSR count). The van der Waals surface area contributed by atoms with Gasteiger partial charge in [0.2, 0.25) is 0 Å². The second-order valence-corrected chi connectivity index (χ2v) is 6.80. The minimum atomic E-state index is -5.63. The quantitative estimate of drug-likeness (QED) is 0.580. The summed E-state index contributed by atoms with van der Waals surface area (Å²) in [5.74, 6) is -0.351. The van der Waals surface area contributed by atoms with Crippen molar-refractivity contribution in [3.63, 3.8) is 0 Å². The fraction of sp³-hybridized carbons (Fsp3) is 0.250. The standard InChI is InChI=1S/C20H14F6N2/c1-12-6-8-14(9-7-12)17-27-18(19(21,22)23,20(24,25)26)16-11-10-13-4-2-3-5-15(13)28(16)17/h2-11,16H,1H3. The molecule has 2 aliphatic heterocycles. The normalized spacial score (nSPS) is 20.6. The zero-order valence-electron chi connectivity index (χ0n) is 14.5. The number of rotatable bonds is 1. The molecule has 0 amide bonds. The van der Waals surface area contributed by atoms with Crippen LogP contribution in [0, 0.1) is 6.92 Å². The van der Waals surface area contributed by atoms with E-state index in [1.54, 1.807) is 37.3 Å². The molecule has 0 aliphatic carbocycles. The molecule has 0 fully saturated rings. The van der Waals surface area contributed by atoms with Gasteiger partial charge in [-0.15, -0.1) is 0 Å². The lowest BCUT2D eigenvalue weighted by Crippen LogP contribution is -2.64. The van der Waals surface area contributed by atoms with Crippen molar-refractivity contribution in [2.45, 2.75) is 30.9 Å². The van der Waals surface area contributed by atoms with Gasteiger partial charge in [-0.2, -0.15) is 26.3 Å². The Bertz CT molecular complexity index is 955. The van der Waals surface area contributed by atoms with Crippen LogP contribution in [-0.2, 0) is 0 Å². The van der Waals surface area contributed by atoms with Crippen molar-refractivity contribution in [1.82, 2.24) is 0 Å². The van der Waals surface area contributed by atoms with Gasteiger partial charge in [-0.3, -0.25) is 0 Å². The third kappa shape index (κ3) is 2.47. The number of nitrogens with zero attached hydrogens (tertiary/aromatic N) is 2. The van der Waals surface area contributed by atoms with Crippen LogP contribution < -0.4 is 4.90 Å². The van der Waals surface area contributed by atoms with Crippen LogP contribution in [0.4, 0.5) is 32.0 Å². The average Bonchev–Trinajstić information content (AvgIpc) is 2.99.